The highest BCUT2D eigenvalue weighted by Crippen LogP contribution is 2.33. The maximum atomic E-state index is 12.7. The molecule has 0 aliphatic rings. The normalized spacial score (nSPS) is 11.8. The highest BCUT2D eigenvalue weighted by Gasteiger charge is 2.36. The Balaban J connectivity index is 2.89. The van der Waals surface area contributed by atoms with Crippen LogP contribution in [0.1, 0.15) is 5.69 Å². The lowest BCUT2D eigenvalue weighted by atomic mass is 10.3. The summed E-state index contributed by atoms with van der Waals surface area (Å²) in [6, 6.07) is 2.39. The van der Waals surface area contributed by atoms with Crippen LogP contribution >= 0.6 is 50.7 Å². The topological polar surface area (TPSA) is 54.9 Å². The average Bonchev–Trinajstić information content (AvgIpc) is 2.35. The molecule has 0 radical (unpaired) electrons. The van der Waals surface area contributed by atoms with Gasteiger partial charge in [-0.1, -0.05) is 34.8 Å². The third-order valence-electron chi connectivity index (χ3n) is 2.53. The first-order valence-electron chi connectivity index (χ1n) is 5.31. The Labute approximate surface area is 143 Å². The molecule has 0 bridgehead atoms. The number of nitrogens with one attached hydrogen (secondary N) is 1. The minimum Gasteiger partial charge on any atom is -0.302 e. The third kappa shape index (κ3) is 3.05. The highest BCUT2D eigenvalue weighted by molar-refractivity contribution is 9.10. The summed E-state index contributed by atoms with van der Waals surface area (Å²) < 4.78 is 37.7. The molecular weight excluding hydrogens is 435 g/mol. The Morgan fingerprint density at radius 2 is 1.59 bits per heavy atom. The van der Waals surface area contributed by atoms with Gasteiger partial charge < -0.3 is 4.98 Å². The number of alkyl halides is 3. The zero-order valence-electron chi connectivity index (χ0n) is 10.1. The zero-order valence-corrected chi connectivity index (χ0v) is 13.9. The summed E-state index contributed by atoms with van der Waals surface area (Å²) in [6.45, 7) is 0. The van der Waals surface area contributed by atoms with Crippen molar-refractivity contribution in [3.63, 3.8) is 0 Å². The van der Waals surface area contributed by atoms with Gasteiger partial charge in [-0.2, -0.15) is 13.2 Å². The molecule has 118 valence electrons. The number of aromatic amines is 1. The number of benzene rings is 1. The molecule has 1 N–H and O–H groups in total. The first kappa shape index (κ1) is 17.4. The quantitative estimate of drug-likeness (QED) is 0.723. The van der Waals surface area contributed by atoms with E-state index in [1.54, 1.807) is 4.98 Å². The van der Waals surface area contributed by atoms with Crippen LogP contribution < -0.4 is 11.2 Å². The summed E-state index contributed by atoms with van der Waals surface area (Å²) >= 11 is 20.0. The third-order valence-corrected chi connectivity index (χ3v) is 4.06. The van der Waals surface area contributed by atoms with Crippen molar-refractivity contribution in [1.82, 2.24) is 9.55 Å². The zero-order chi connectivity index (χ0) is 16.8. The van der Waals surface area contributed by atoms with Gasteiger partial charge in [0.2, 0.25) is 0 Å². The van der Waals surface area contributed by atoms with Gasteiger partial charge in [0.1, 0.15) is 10.2 Å². The molecule has 0 spiro atoms. The van der Waals surface area contributed by atoms with E-state index in [9.17, 15) is 22.8 Å². The predicted octanol–water partition coefficient (Wildman–Crippen LogP) is 4.27. The molecule has 0 unspecified atom stereocenters. The van der Waals surface area contributed by atoms with Gasteiger partial charge in [-0.25, -0.2) is 9.36 Å². The number of rotatable bonds is 1. The smallest absolute Gasteiger partial charge is 0.302 e. The Hall–Kier alpha value is -0.960. The number of aromatic nitrogens is 2. The molecule has 0 aliphatic carbocycles. The van der Waals surface area contributed by atoms with Crippen LogP contribution in [0.2, 0.25) is 15.1 Å². The fraction of sp³-hybridized carbons (Fsp3) is 0.0909. The minimum absolute atomic E-state index is 0.134. The van der Waals surface area contributed by atoms with Crippen LogP contribution in [0.3, 0.4) is 0 Å². The molecule has 2 rings (SSSR count). The number of hydrogen-bond donors (Lipinski definition) is 1. The van der Waals surface area contributed by atoms with E-state index in [0.717, 1.165) is 0 Å². The van der Waals surface area contributed by atoms with Crippen LogP contribution in [0.15, 0.2) is 26.2 Å². The molecular formula is C11H3BrCl3F3N2O2. The van der Waals surface area contributed by atoms with Crippen molar-refractivity contribution in [3.8, 4) is 5.69 Å². The van der Waals surface area contributed by atoms with Crippen LogP contribution in [-0.4, -0.2) is 9.55 Å². The largest absolute Gasteiger partial charge is 0.432 e. The average molecular weight is 438 g/mol. The first-order chi connectivity index (χ1) is 10.0. The molecule has 4 nitrogen and oxygen atoms in total. The molecule has 1 aromatic carbocycles. The lowest BCUT2D eigenvalue weighted by Crippen LogP contribution is -2.37. The van der Waals surface area contributed by atoms with Gasteiger partial charge in [0.05, 0.1) is 15.7 Å². The Morgan fingerprint density at radius 1 is 1.09 bits per heavy atom. The SMILES string of the molecule is O=c1[nH]c(C(F)(F)F)c(Br)c(=O)n1-c1c(Cl)cc(Cl)cc1Cl. The lowest BCUT2D eigenvalue weighted by molar-refractivity contribution is -0.142. The summed E-state index contributed by atoms with van der Waals surface area (Å²) in [5.41, 5.74) is -4.37. The Bertz CT molecular complexity index is 853. The van der Waals surface area contributed by atoms with Crippen molar-refractivity contribution in [1.29, 1.82) is 0 Å². The standard InChI is InChI=1S/C11H3BrCl3F3N2O2/c12-6-8(11(16,17)18)19-10(22)20(9(6)21)7-4(14)1-3(13)2-5(7)15/h1-2H,(H,19,22). The first-order valence-corrected chi connectivity index (χ1v) is 7.23. The van der Waals surface area contributed by atoms with E-state index in [-0.39, 0.29) is 20.8 Å². The summed E-state index contributed by atoms with van der Waals surface area (Å²) in [5, 5.41) is -0.206. The van der Waals surface area contributed by atoms with Crippen molar-refractivity contribution >= 4 is 50.7 Å². The van der Waals surface area contributed by atoms with Crippen LogP contribution in [-0.2, 0) is 6.18 Å². The monoisotopic (exact) mass is 436 g/mol. The molecule has 0 aliphatic heterocycles. The Kier molecular flexibility index (Phi) is 4.68. The maximum absolute atomic E-state index is 12.7. The second kappa shape index (κ2) is 5.92. The van der Waals surface area contributed by atoms with Crippen molar-refractivity contribution in [3.05, 3.63) is 58.2 Å². The summed E-state index contributed by atoms with van der Waals surface area (Å²) in [6.07, 6.45) is -4.91. The molecule has 0 saturated carbocycles. The second-order valence-corrected chi connectivity index (χ2v) is 6.02. The van der Waals surface area contributed by atoms with Crippen molar-refractivity contribution < 1.29 is 13.2 Å². The van der Waals surface area contributed by atoms with Gasteiger partial charge >= 0.3 is 11.9 Å². The maximum Gasteiger partial charge on any atom is 0.432 e. The van der Waals surface area contributed by atoms with Gasteiger partial charge in [-0.05, 0) is 28.1 Å². The van der Waals surface area contributed by atoms with Gasteiger partial charge in [0, 0.05) is 5.02 Å². The van der Waals surface area contributed by atoms with E-state index in [0.29, 0.717) is 4.57 Å². The molecule has 0 atom stereocenters. The van der Waals surface area contributed by atoms with E-state index in [1.165, 1.54) is 12.1 Å². The number of hydrogen-bond acceptors (Lipinski definition) is 2. The van der Waals surface area contributed by atoms with Crippen molar-refractivity contribution in [2.24, 2.45) is 0 Å². The van der Waals surface area contributed by atoms with Gasteiger partial charge in [0.25, 0.3) is 5.56 Å². The van der Waals surface area contributed by atoms with E-state index in [1.807, 2.05) is 0 Å². The van der Waals surface area contributed by atoms with Crippen LogP contribution in [0, 0.1) is 0 Å². The predicted molar refractivity (Wildman–Crippen MR) is 80.4 cm³/mol. The highest BCUT2D eigenvalue weighted by atomic mass is 79.9. The molecule has 0 saturated heterocycles. The molecule has 1 aromatic heterocycles. The van der Waals surface area contributed by atoms with E-state index in [2.05, 4.69) is 15.9 Å². The van der Waals surface area contributed by atoms with E-state index in [4.69, 9.17) is 34.8 Å². The molecule has 0 fully saturated rings. The molecule has 1 heterocycles. The van der Waals surface area contributed by atoms with Gasteiger partial charge in [-0.3, -0.25) is 4.79 Å². The van der Waals surface area contributed by atoms with E-state index >= 15 is 0 Å². The summed E-state index contributed by atoms with van der Waals surface area (Å²) in [4.78, 5) is 25.6. The number of H-pyrrole nitrogens is 1. The summed E-state index contributed by atoms with van der Waals surface area (Å²) in [7, 11) is 0. The van der Waals surface area contributed by atoms with Gasteiger partial charge in [0.15, 0.2) is 0 Å². The van der Waals surface area contributed by atoms with E-state index < -0.39 is 27.6 Å². The molecule has 22 heavy (non-hydrogen) atoms. The molecule has 11 heteroatoms. The summed E-state index contributed by atoms with van der Waals surface area (Å²) in [5.74, 6) is 0. The fourth-order valence-corrected chi connectivity index (χ4v) is 3.15. The van der Waals surface area contributed by atoms with Crippen LogP contribution in [0.5, 0.6) is 0 Å². The van der Waals surface area contributed by atoms with Crippen molar-refractivity contribution in [2.75, 3.05) is 0 Å². The van der Waals surface area contributed by atoms with Crippen LogP contribution in [0.25, 0.3) is 5.69 Å². The number of halogens is 7. The lowest BCUT2D eigenvalue weighted by Gasteiger charge is -2.13. The van der Waals surface area contributed by atoms with Crippen molar-refractivity contribution in [2.45, 2.75) is 6.18 Å². The number of nitrogens with zero attached hydrogens (tertiary/aromatic N) is 1. The molecule has 0 amide bonds. The van der Waals surface area contributed by atoms with Gasteiger partial charge in [-0.15, -0.1) is 0 Å². The second-order valence-electron chi connectivity index (χ2n) is 3.98. The molecule has 2 aromatic rings. The van der Waals surface area contributed by atoms with Crippen LogP contribution in [0.4, 0.5) is 13.2 Å². The Morgan fingerprint density at radius 3 is 2.05 bits per heavy atom. The fourth-order valence-electron chi connectivity index (χ4n) is 1.66. The minimum atomic E-state index is -4.91.